The van der Waals surface area contributed by atoms with Crippen molar-refractivity contribution in [1.29, 1.82) is 0 Å². The van der Waals surface area contributed by atoms with Gasteiger partial charge in [-0.1, -0.05) is 158 Å². The molecular formula is C80H152B4F4N16O8. The Morgan fingerprint density at radius 1 is 0.188 bits per heavy atom. The van der Waals surface area contributed by atoms with Gasteiger partial charge in [0.15, 0.2) is 0 Å². The largest absolute Gasteiger partial charge is 0.867 e. The molecule has 0 unspecified atom stereocenters. The highest BCUT2D eigenvalue weighted by Gasteiger charge is 2.05. The number of unbranched alkanes of at least 4 members (excludes halogenated alkanes) is 24. The third-order valence-corrected chi connectivity index (χ3v) is 16.7. The molecule has 0 aliphatic heterocycles. The quantitative estimate of drug-likeness (QED) is 0.0196. The summed E-state index contributed by atoms with van der Waals surface area (Å²) >= 11 is 0. The molecule has 0 aromatic carbocycles. The molecule has 0 fully saturated rings. The number of hydrogen-bond donors (Lipinski definition) is 0. The van der Waals surface area contributed by atoms with Crippen LogP contribution in [-0.4, -0.2) is 66.1 Å². The Balaban J connectivity index is -0.000000578. The minimum atomic E-state index is -3.17. The summed E-state index contributed by atoms with van der Waals surface area (Å²) < 4.78 is 74.2. The molecular weight excluding hydrogens is 1430 g/mol. The van der Waals surface area contributed by atoms with Crippen molar-refractivity contribution >= 4 is 29.6 Å². The average Bonchev–Trinajstić information content (AvgIpc) is 1.89. The van der Waals surface area contributed by atoms with Crippen LogP contribution in [0.2, 0.25) is 0 Å². The first kappa shape index (κ1) is 112. The molecule has 8 rings (SSSR count). The molecule has 8 aromatic heterocycles. The summed E-state index contributed by atoms with van der Waals surface area (Å²) in [6.07, 6.45) is 93.6. The fourth-order valence-corrected chi connectivity index (χ4v) is 10.8. The van der Waals surface area contributed by atoms with Gasteiger partial charge in [0.2, 0.25) is 50.6 Å². The molecule has 640 valence electrons. The molecule has 0 N–H and O–H groups in total. The Morgan fingerprint density at radius 3 is 0.339 bits per heavy atom. The summed E-state index contributed by atoms with van der Waals surface area (Å²) in [5.41, 5.74) is 0. The minimum Gasteiger partial charge on any atom is -0.867 e. The van der Waals surface area contributed by atoms with E-state index in [0.29, 0.717) is 0 Å². The van der Waals surface area contributed by atoms with E-state index in [1.54, 1.807) is 0 Å². The molecule has 0 radical (unpaired) electrons. The number of halogens is 4. The lowest BCUT2D eigenvalue weighted by Gasteiger charge is -2.09. The van der Waals surface area contributed by atoms with Crippen molar-refractivity contribution in [2.45, 2.75) is 313 Å². The van der Waals surface area contributed by atoms with Crippen molar-refractivity contribution in [1.82, 2.24) is 36.5 Å². The molecule has 0 bridgehead atoms. The Bertz CT molecular complexity index is 2570. The van der Waals surface area contributed by atoms with Crippen molar-refractivity contribution in [2.24, 2.45) is 56.4 Å². The van der Waals surface area contributed by atoms with Crippen molar-refractivity contribution in [3.8, 4) is 0 Å². The first-order valence-electron chi connectivity index (χ1n) is 41.5. The molecule has 112 heavy (non-hydrogen) atoms. The van der Waals surface area contributed by atoms with Gasteiger partial charge in [-0.25, -0.2) is 73.1 Å². The summed E-state index contributed by atoms with van der Waals surface area (Å²) in [5.74, 6) is 0. The Kier molecular flexibility index (Phi) is 80.7. The fraction of sp³-hybridized carbons (Fsp3) is 0.700. The van der Waals surface area contributed by atoms with E-state index in [9.17, 15) is 17.3 Å². The van der Waals surface area contributed by atoms with Crippen LogP contribution in [0.5, 0.6) is 0 Å². The van der Waals surface area contributed by atoms with E-state index in [-0.39, 0.29) is 0 Å². The van der Waals surface area contributed by atoms with E-state index in [4.69, 9.17) is 40.2 Å². The molecule has 0 spiro atoms. The zero-order valence-corrected chi connectivity index (χ0v) is 72.4. The maximum absolute atomic E-state index is 9.89. The second kappa shape index (κ2) is 80.9. The average molecular weight is 1590 g/mol. The van der Waals surface area contributed by atoms with Crippen LogP contribution in [0.25, 0.3) is 0 Å². The van der Waals surface area contributed by atoms with Gasteiger partial charge in [-0.15, -0.1) is 0 Å². The molecule has 0 aliphatic carbocycles. The molecule has 8 heterocycles. The second-order valence-corrected chi connectivity index (χ2v) is 28.1. The second-order valence-electron chi connectivity index (χ2n) is 28.1. The van der Waals surface area contributed by atoms with Gasteiger partial charge in [-0.05, 0) is 103 Å². The smallest absolute Gasteiger partial charge is 0.243 e. The summed E-state index contributed by atoms with van der Waals surface area (Å²) in [5, 5.41) is 66.4. The molecule has 0 saturated heterocycles. The fourth-order valence-electron chi connectivity index (χ4n) is 10.8. The van der Waals surface area contributed by atoms with Crippen LogP contribution in [0.3, 0.4) is 0 Å². The Hall–Kier alpha value is -6.66. The SMILES string of the molecule is CCCCCC[n+]1ccn(C)c1.CCCCCC[n+]1ccn(C)c1.CCCCCC[n+]1ccn(C)c1.CCCCCC[n+]1ccn(C)c1.CCCCCC[n+]1ccn(C)c1.CCCCCC[n+]1ccn(C)c1.CCCCCC[n+]1ccn(C)c1.CCCCCC[n+]1ccn(C)c1.[O-]B([O-])F.[O-]B([O-])F.[O-]B([O-])F.[O-]B([O-])F. The van der Waals surface area contributed by atoms with Gasteiger partial charge >= 0.3 is 0 Å². The van der Waals surface area contributed by atoms with Crippen LogP contribution in [0.15, 0.2) is 150 Å². The first-order valence-corrected chi connectivity index (χ1v) is 41.5. The lowest BCUT2D eigenvalue weighted by atomic mass is 10.2. The number of aromatic nitrogens is 16. The summed E-state index contributed by atoms with van der Waals surface area (Å²) in [4.78, 5) is 0. The predicted octanol–water partition coefficient (Wildman–Crippen LogP) is 5.79. The molecule has 32 heteroatoms. The van der Waals surface area contributed by atoms with Crippen LogP contribution in [0.4, 0.5) is 17.3 Å². The monoisotopic (exact) mass is 1590 g/mol. The van der Waals surface area contributed by atoms with Crippen LogP contribution in [0.1, 0.15) is 261 Å². The van der Waals surface area contributed by atoms with Gasteiger partial charge < -0.3 is 57.5 Å². The lowest BCUT2D eigenvalue weighted by molar-refractivity contribution is -0.697. The number of nitrogens with zero attached hydrogens (tertiary/aromatic N) is 16. The van der Waals surface area contributed by atoms with E-state index in [2.05, 4.69) is 335 Å². The zero-order chi connectivity index (χ0) is 84.8. The number of aryl methyl sites for hydroxylation is 16. The predicted molar refractivity (Wildman–Crippen MR) is 425 cm³/mol. The third-order valence-electron chi connectivity index (χ3n) is 16.7. The van der Waals surface area contributed by atoms with Crippen molar-refractivity contribution < 1.29 is 94.0 Å². The van der Waals surface area contributed by atoms with Crippen LogP contribution in [0, 0.1) is 0 Å². The standard InChI is InChI=1S/8C10H19N2.4BFO2/c8*1-3-4-5-6-7-12-9-8-11(2)10-12;4*2-1(3)4/h8*8-10H,3-7H2,1-2H3;;;;/q8*+1;4*-2. The van der Waals surface area contributed by atoms with Gasteiger partial charge in [0.05, 0.1) is 109 Å². The topological polar surface area (TPSA) is 255 Å². The zero-order valence-electron chi connectivity index (χ0n) is 72.4. The minimum absolute atomic E-state index is 1.17. The van der Waals surface area contributed by atoms with E-state index >= 15 is 0 Å². The summed E-state index contributed by atoms with van der Waals surface area (Å²) in [6, 6.07) is 0. The van der Waals surface area contributed by atoms with E-state index in [0.717, 1.165) is 0 Å². The van der Waals surface area contributed by atoms with Gasteiger partial charge in [0.1, 0.15) is 129 Å². The molecule has 24 nitrogen and oxygen atoms in total. The van der Waals surface area contributed by atoms with Gasteiger partial charge in [0, 0.05) is 0 Å². The van der Waals surface area contributed by atoms with Crippen molar-refractivity contribution in [2.75, 3.05) is 0 Å². The normalized spacial score (nSPS) is 9.96. The molecule has 0 aliphatic rings. The van der Waals surface area contributed by atoms with Gasteiger partial charge in [0.25, 0.3) is 0 Å². The van der Waals surface area contributed by atoms with Crippen molar-refractivity contribution in [3.63, 3.8) is 0 Å². The van der Waals surface area contributed by atoms with Gasteiger partial charge in [-0.3, -0.25) is 0 Å². The molecule has 0 saturated carbocycles. The molecule has 0 amide bonds. The van der Waals surface area contributed by atoms with E-state index in [1.165, 1.54) is 258 Å². The Labute approximate surface area is 676 Å². The van der Waals surface area contributed by atoms with E-state index < -0.39 is 29.6 Å². The highest BCUT2D eigenvalue weighted by atomic mass is 19.1. The maximum atomic E-state index is 9.89. The lowest BCUT2D eigenvalue weighted by Crippen LogP contribution is -2.39. The number of hydrogen-bond acceptors (Lipinski definition) is 8. The summed E-state index contributed by atoms with van der Waals surface area (Å²) in [7, 11) is 3.80. The third kappa shape index (κ3) is 84.3. The molecule has 8 aromatic rings. The highest BCUT2D eigenvalue weighted by Crippen LogP contribution is 2.04. The van der Waals surface area contributed by atoms with Crippen LogP contribution in [-0.2, 0) is 109 Å². The van der Waals surface area contributed by atoms with Gasteiger partial charge in [-0.2, -0.15) is 0 Å². The number of rotatable bonds is 40. The summed E-state index contributed by atoms with van der Waals surface area (Å²) in [6.45, 7) is 27.3. The molecule has 0 atom stereocenters. The first-order chi connectivity index (χ1) is 53.5. The van der Waals surface area contributed by atoms with E-state index in [1.807, 2.05) is 0 Å². The highest BCUT2D eigenvalue weighted by molar-refractivity contribution is 6.27. The maximum Gasteiger partial charge on any atom is 0.243 e. The van der Waals surface area contributed by atoms with Crippen LogP contribution < -0.4 is 76.7 Å². The van der Waals surface area contributed by atoms with Crippen molar-refractivity contribution in [3.05, 3.63) is 150 Å². The number of imidazole rings is 8. The van der Waals surface area contributed by atoms with Crippen LogP contribution >= 0.6 is 0 Å². The Morgan fingerprint density at radius 2 is 0.277 bits per heavy atom.